The van der Waals surface area contributed by atoms with Crippen LogP contribution in [-0.4, -0.2) is 39.5 Å². The molecule has 1 aliphatic rings. The van der Waals surface area contributed by atoms with Crippen LogP contribution in [0.2, 0.25) is 0 Å². The second-order valence-corrected chi connectivity index (χ2v) is 9.07. The molecule has 0 bridgehead atoms. The second-order valence-electron chi connectivity index (χ2n) is 9.07. The Balaban J connectivity index is 0.000000132. The van der Waals surface area contributed by atoms with Crippen molar-refractivity contribution in [1.82, 2.24) is 9.13 Å². The number of para-hydroxylation sites is 4. The molecule has 2 aromatic heterocycles. The molecule has 0 amide bonds. The van der Waals surface area contributed by atoms with Crippen molar-refractivity contribution in [2.75, 3.05) is 13.2 Å². The molecule has 0 unspecified atom stereocenters. The third-order valence-corrected chi connectivity index (χ3v) is 6.48. The summed E-state index contributed by atoms with van der Waals surface area (Å²) in [6, 6.07) is 40.2. The van der Waals surface area contributed by atoms with Crippen molar-refractivity contribution in [1.29, 1.82) is 0 Å². The quantitative estimate of drug-likeness (QED) is 0.304. The molecular weight excluding hydrogens is 471 g/mol. The van der Waals surface area contributed by atoms with E-state index in [1.807, 2.05) is 65.2 Å². The minimum absolute atomic E-state index is 0.474. The molecule has 0 radical (unpaired) electrons. The molecule has 190 valence electrons. The van der Waals surface area contributed by atoms with E-state index in [9.17, 15) is 10.0 Å². The largest absolute Gasteiger partial charge is 0.506 e. The van der Waals surface area contributed by atoms with Gasteiger partial charge in [-0.15, -0.1) is 0 Å². The molecule has 0 atom stereocenters. The molecule has 1 fully saturated rings. The van der Waals surface area contributed by atoms with Gasteiger partial charge in [0.2, 0.25) is 0 Å². The Labute approximate surface area is 223 Å². The van der Waals surface area contributed by atoms with Gasteiger partial charge in [0.1, 0.15) is 0 Å². The summed E-state index contributed by atoms with van der Waals surface area (Å²) >= 11 is 0. The smallest absolute Gasteiger partial charge is 0.422 e. The van der Waals surface area contributed by atoms with Crippen LogP contribution in [0.4, 0.5) is 0 Å². The van der Waals surface area contributed by atoms with E-state index in [-0.39, 0.29) is 0 Å². The summed E-state index contributed by atoms with van der Waals surface area (Å²) in [5.41, 5.74) is 4.82. The number of hydrogen-bond acceptors (Lipinski definition) is 3. The molecule has 6 heteroatoms. The topological polar surface area (TPSA) is 59.5 Å². The van der Waals surface area contributed by atoms with Crippen LogP contribution in [0.5, 0.6) is 0 Å². The van der Waals surface area contributed by atoms with Gasteiger partial charge < -0.3 is 23.9 Å². The molecule has 4 aromatic carbocycles. The lowest BCUT2D eigenvalue weighted by atomic mass is 9.86. The molecule has 0 spiro atoms. The minimum atomic E-state index is -1.49. The predicted molar refractivity (Wildman–Crippen MR) is 156 cm³/mol. The van der Waals surface area contributed by atoms with Gasteiger partial charge in [0.15, 0.2) is 0 Å². The molecule has 7 rings (SSSR count). The Morgan fingerprint density at radius 1 is 0.579 bits per heavy atom. The lowest BCUT2D eigenvalue weighted by Gasteiger charge is -2.10. The van der Waals surface area contributed by atoms with E-state index in [4.69, 9.17) is 4.74 Å². The lowest BCUT2D eigenvalue weighted by Crippen LogP contribution is -2.35. The van der Waals surface area contributed by atoms with Crippen molar-refractivity contribution in [3.8, 4) is 11.4 Å². The summed E-state index contributed by atoms with van der Waals surface area (Å²) in [5, 5.41) is 21.3. The Morgan fingerprint density at radius 2 is 1.13 bits per heavy atom. The van der Waals surface area contributed by atoms with Gasteiger partial charge >= 0.3 is 7.12 Å². The highest BCUT2D eigenvalue weighted by atomic mass is 16.5. The van der Waals surface area contributed by atoms with Crippen molar-refractivity contribution in [3.63, 3.8) is 0 Å². The summed E-state index contributed by atoms with van der Waals surface area (Å²) in [5.74, 6) is 0. The number of fused-ring (bicyclic) bond motifs is 2. The Kier molecular flexibility index (Phi) is 8.36. The van der Waals surface area contributed by atoms with Gasteiger partial charge in [0.05, 0.1) is 16.6 Å². The highest BCUT2D eigenvalue weighted by molar-refractivity contribution is 6.58. The van der Waals surface area contributed by atoms with Gasteiger partial charge in [-0.25, -0.2) is 0 Å². The number of hydrogen-bond donors (Lipinski definition) is 2. The Morgan fingerprint density at radius 3 is 1.74 bits per heavy atom. The van der Waals surface area contributed by atoms with Crippen LogP contribution in [0.15, 0.2) is 128 Å². The summed E-state index contributed by atoms with van der Waals surface area (Å²) in [7, 11) is -1.49. The molecule has 3 heterocycles. The average Bonchev–Trinajstić information content (AvgIpc) is 3.75. The van der Waals surface area contributed by atoms with Crippen molar-refractivity contribution in [2.45, 2.75) is 12.8 Å². The van der Waals surface area contributed by atoms with Gasteiger partial charge in [0.25, 0.3) is 0 Å². The molecule has 38 heavy (non-hydrogen) atoms. The highest BCUT2D eigenvalue weighted by Gasteiger charge is 2.20. The molecule has 1 saturated heterocycles. The van der Waals surface area contributed by atoms with E-state index in [2.05, 4.69) is 65.4 Å². The van der Waals surface area contributed by atoms with E-state index in [1.165, 1.54) is 29.4 Å². The summed E-state index contributed by atoms with van der Waals surface area (Å²) in [4.78, 5) is 0. The maximum Gasteiger partial charge on any atom is 0.506 e. The zero-order valence-corrected chi connectivity index (χ0v) is 21.2. The normalized spacial score (nSPS) is 12.5. The fraction of sp³-hybridized carbons (Fsp3) is 0.125. The zero-order chi connectivity index (χ0) is 26.2. The van der Waals surface area contributed by atoms with E-state index in [1.54, 1.807) is 6.07 Å². The predicted octanol–water partition coefficient (Wildman–Crippen LogP) is 5.74. The van der Waals surface area contributed by atoms with Gasteiger partial charge in [-0.2, -0.15) is 0 Å². The fourth-order valence-electron chi connectivity index (χ4n) is 4.64. The van der Waals surface area contributed by atoms with E-state index < -0.39 is 7.12 Å². The van der Waals surface area contributed by atoms with Crippen LogP contribution in [0, 0.1) is 0 Å². The average molecular weight is 502 g/mol. The number of rotatable bonds is 3. The van der Waals surface area contributed by atoms with Gasteiger partial charge in [-0.3, -0.25) is 0 Å². The maximum atomic E-state index is 9.50. The molecule has 1 aliphatic heterocycles. The monoisotopic (exact) mass is 502 g/mol. The SMILES string of the molecule is C1CCOC1.OB(O)c1cc2ccccc2n1-c1ccccc1.c1ccc(-n2ccc3ccccc32)cc1. The number of nitrogens with zero attached hydrogens (tertiary/aromatic N) is 2. The molecule has 0 saturated carbocycles. The fourth-order valence-corrected chi connectivity index (χ4v) is 4.64. The van der Waals surface area contributed by atoms with E-state index in [0.29, 0.717) is 5.59 Å². The van der Waals surface area contributed by atoms with Crippen molar-refractivity contribution in [3.05, 3.63) is 128 Å². The Hall–Kier alpha value is -4.10. The number of aromatic nitrogens is 2. The number of ether oxygens (including phenoxy) is 1. The second kappa shape index (κ2) is 12.4. The zero-order valence-electron chi connectivity index (χ0n) is 21.2. The van der Waals surface area contributed by atoms with E-state index >= 15 is 0 Å². The molecule has 5 nitrogen and oxygen atoms in total. The first-order chi connectivity index (χ1) is 18.7. The van der Waals surface area contributed by atoms with Gasteiger partial charge in [-0.05, 0) is 72.1 Å². The lowest BCUT2D eigenvalue weighted by molar-refractivity contribution is 0.198. The molecule has 6 aromatic rings. The summed E-state index contributed by atoms with van der Waals surface area (Å²) < 4.78 is 9.01. The first-order valence-electron chi connectivity index (χ1n) is 12.9. The minimum Gasteiger partial charge on any atom is -0.422 e. The molecular formula is C32H31BN2O3. The third-order valence-electron chi connectivity index (χ3n) is 6.48. The highest BCUT2D eigenvalue weighted by Crippen LogP contribution is 2.20. The van der Waals surface area contributed by atoms with Crippen LogP contribution in [0.3, 0.4) is 0 Å². The van der Waals surface area contributed by atoms with Crippen LogP contribution in [-0.2, 0) is 4.74 Å². The van der Waals surface area contributed by atoms with Crippen LogP contribution in [0.25, 0.3) is 33.2 Å². The summed E-state index contributed by atoms with van der Waals surface area (Å²) in [6.07, 6.45) is 4.67. The van der Waals surface area contributed by atoms with Gasteiger partial charge in [-0.1, -0.05) is 72.8 Å². The van der Waals surface area contributed by atoms with Crippen molar-refractivity contribution in [2.24, 2.45) is 0 Å². The maximum absolute atomic E-state index is 9.50. The van der Waals surface area contributed by atoms with Crippen LogP contribution >= 0.6 is 0 Å². The molecule has 2 N–H and O–H groups in total. The standard InChI is InChI=1S/C14H12BNO2.C14H11N.C4H8O/c17-15(18)14-10-11-6-4-5-9-13(11)16(14)12-7-2-1-3-8-12;1-2-7-13(8-3-1)15-11-10-12-6-4-5-9-14(12)15;1-2-4-5-3-1/h1-10,17-18H;1-11H;1-4H2. The van der Waals surface area contributed by atoms with E-state index in [0.717, 1.165) is 29.8 Å². The van der Waals surface area contributed by atoms with Crippen molar-refractivity contribution >= 4 is 34.5 Å². The van der Waals surface area contributed by atoms with Gasteiger partial charge in [0, 0.05) is 30.8 Å². The van der Waals surface area contributed by atoms with Crippen molar-refractivity contribution < 1.29 is 14.8 Å². The number of benzene rings is 4. The molecule has 0 aliphatic carbocycles. The third kappa shape index (κ3) is 5.89. The van der Waals surface area contributed by atoms with Crippen LogP contribution in [0.1, 0.15) is 12.8 Å². The van der Waals surface area contributed by atoms with Crippen LogP contribution < -0.4 is 5.59 Å². The first kappa shape index (κ1) is 25.6. The Bertz CT molecular complexity index is 1560. The first-order valence-corrected chi connectivity index (χ1v) is 12.9. The summed E-state index contributed by atoms with van der Waals surface area (Å²) in [6.45, 7) is 2.00.